The highest BCUT2D eigenvalue weighted by Crippen LogP contribution is 2.23. The van der Waals surface area contributed by atoms with Crippen LogP contribution in [0.1, 0.15) is 25.8 Å². The lowest BCUT2D eigenvalue weighted by Crippen LogP contribution is -2.14. The van der Waals surface area contributed by atoms with Gasteiger partial charge in [-0.15, -0.1) is 12.4 Å². The smallest absolute Gasteiger partial charge is 0.123 e. The zero-order chi connectivity index (χ0) is 11.1. The quantitative estimate of drug-likeness (QED) is 0.808. The Balaban J connectivity index is 0.00000225. The van der Waals surface area contributed by atoms with Crippen LogP contribution >= 0.6 is 28.3 Å². The van der Waals surface area contributed by atoms with Crippen molar-refractivity contribution in [3.05, 3.63) is 28.2 Å². The molecule has 1 aromatic rings. The van der Waals surface area contributed by atoms with Crippen molar-refractivity contribution >= 4 is 28.3 Å². The van der Waals surface area contributed by atoms with E-state index in [0.29, 0.717) is 6.61 Å². The molecule has 0 radical (unpaired) electrons. The van der Waals surface area contributed by atoms with Crippen molar-refractivity contribution in [1.29, 1.82) is 0 Å². The number of halogens is 2. The van der Waals surface area contributed by atoms with Crippen LogP contribution in [-0.2, 0) is 6.54 Å². The first-order valence-corrected chi connectivity index (χ1v) is 6.19. The number of benzene rings is 1. The second kappa shape index (κ2) is 8.85. The molecule has 1 rings (SSSR count). The Labute approximate surface area is 112 Å². The molecule has 0 heterocycles. The van der Waals surface area contributed by atoms with E-state index in [1.807, 2.05) is 19.1 Å². The first-order valence-electron chi connectivity index (χ1n) is 5.39. The number of nitrogens with one attached hydrogen (secondary N) is 1. The van der Waals surface area contributed by atoms with Crippen LogP contribution in [0.3, 0.4) is 0 Å². The molecule has 0 aliphatic rings. The second-order valence-electron chi connectivity index (χ2n) is 3.36. The highest BCUT2D eigenvalue weighted by Gasteiger charge is 2.03. The van der Waals surface area contributed by atoms with Crippen molar-refractivity contribution in [3.63, 3.8) is 0 Å². The van der Waals surface area contributed by atoms with Crippen molar-refractivity contribution in [2.24, 2.45) is 0 Å². The van der Waals surface area contributed by atoms with Crippen molar-refractivity contribution in [1.82, 2.24) is 5.32 Å². The van der Waals surface area contributed by atoms with Crippen LogP contribution in [0, 0.1) is 0 Å². The lowest BCUT2D eigenvalue weighted by atomic mass is 10.2. The molecule has 0 unspecified atom stereocenters. The second-order valence-corrected chi connectivity index (χ2v) is 4.28. The summed E-state index contributed by atoms with van der Waals surface area (Å²) >= 11 is 3.47. The molecule has 2 nitrogen and oxygen atoms in total. The van der Waals surface area contributed by atoms with E-state index in [2.05, 4.69) is 34.2 Å². The summed E-state index contributed by atoms with van der Waals surface area (Å²) in [6.45, 7) is 6.78. The van der Waals surface area contributed by atoms with Gasteiger partial charge in [-0.1, -0.05) is 22.9 Å². The van der Waals surface area contributed by atoms with Crippen molar-refractivity contribution in [3.8, 4) is 5.75 Å². The summed E-state index contributed by atoms with van der Waals surface area (Å²) in [7, 11) is 0. The minimum atomic E-state index is 0. The molecular formula is C12H19BrClNO. The van der Waals surface area contributed by atoms with Gasteiger partial charge in [-0.3, -0.25) is 0 Å². The van der Waals surface area contributed by atoms with Gasteiger partial charge in [0.1, 0.15) is 5.75 Å². The monoisotopic (exact) mass is 307 g/mol. The highest BCUT2D eigenvalue weighted by molar-refractivity contribution is 9.10. The van der Waals surface area contributed by atoms with Crippen molar-refractivity contribution < 1.29 is 4.74 Å². The summed E-state index contributed by atoms with van der Waals surface area (Å²) in [5.74, 6) is 0.976. The predicted molar refractivity (Wildman–Crippen MR) is 74.6 cm³/mol. The third-order valence-corrected chi connectivity index (χ3v) is 2.56. The molecule has 0 atom stereocenters. The van der Waals surface area contributed by atoms with Gasteiger partial charge in [0.25, 0.3) is 0 Å². The van der Waals surface area contributed by atoms with E-state index in [1.54, 1.807) is 0 Å². The molecule has 0 bridgehead atoms. The molecule has 0 aromatic heterocycles. The molecule has 0 saturated heterocycles. The number of hydrogen-bond donors (Lipinski definition) is 1. The predicted octanol–water partition coefficient (Wildman–Crippen LogP) is 3.77. The van der Waals surface area contributed by atoms with E-state index >= 15 is 0 Å². The number of ether oxygens (including phenoxy) is 1. The SMILES string of the molecule is CCCNCc1cc(Br)ccc1OCC.Cl. The minimum absolute atomic E-state index is 0. The van der Waals surface area contributed by atoms with Crippen LogP contribution in [0.25, 0.3) is 0 Å². The summed E-state index contributed by atoms with van der Waals surface area (Å²) in [5, 5.41) is 3.38. The van der Waals surface area contributed by atoms with E-state index in [4.69, 9.17) is 4.74 Å². The van der Waals surface area contributed by atoms with E-state index < -0.39 is 0 Å². The summed E-state index contributed by atoms with van der Waals surface area (Å²) in [5.41, 5.74) is 1.21. The van der Waals surface area contributed by atoms with Crippen LogP contribution in [0.2, 0.25) is 0 Å². The lowest BCUT2D eigenvalue weighted by Gasteiger charge is -2.11. The maximum atomic E-state index is 5.56. The van der Waals surface area contributed by atoms with Gasteiger partial charge in [0.2, 0.25) is 0 Å². The molecule has 92 valence electrons. The third kappa shape index (κ3) is 5.19. The fraction of sp³-hybridized carbons (Fsp3) is 0.500. The Morgan fingerprint density at radius 2 is 2.06 bits per heavy atom. The van der Waals surface area contributed by atoms with Gasteiger partial charge in [-0.05, 0) is 38.1 Å². The van der Waals surface area contributed by atoms with Crippen molar-refractivity contribution in [2.75, 3.05) is 13.2 Å². The Bertz CT molecular complexity index is 307. The Morgan fingerprint density at radius 1 is 1.31 bits per heavy atom. The van der Waals surface area contributed by atoms with Gasteiger partial charge in [-0.25, -0.2) is 0 Å². The van der Waals surface area contributed by atoms with Gasteiger partial charge < -0.3 is 10.1 Å². The van der Waals surface area contributed by atoms with Gasteiger partial charge in [0.15, 0.2) is 0 Å². The van der Waals surface area contributed by atoms with E-state index in [1.165, 1.54) is 5.56 Å². The zero-order valence-electron chi connectivity index (χ0n) is 9.75. The maximum Gasteiger partial charge on any atom is 0.123 e. The zero-order valence-corrected chi connectivity index (χ0v) is 12.2. The average Bonchev–Trinajstić information content (AvgIpc) is 2.22. The van der Waals surface area contributed by atoms with Crippen LogP contribution in [-0.4, -0.2) is 13.2 Å². The molecule has 16 heavy (non-hydrogen) atoms. The topological polar surface area (TPSA) is 21.3 Å². The van der Waals surface area contributed by atoms with Crippen LogP contribution < -0.4 is 10.1 Å². The summed E-state index contributed by atoms with van der Waals surface area (Å²) in [4.78, 5) is 0. The fourth-order valence-corrected chi connectivity index (χ4v) is 1.79. The first kappa shape index (κ1) is 15.8. The minimum Gasteiger partial charge on any atom is -0.494 e. The number of rotatable bonds is 6. The molecule has 0 saturated carbocycles. The van der Waals surface area contributed by atoms with Crippen LogP contribution in [0.15, 0.2) is 22.7 Å². The van der Waals surface area contributed by atoms with Crippen LogP contribution in [0.5, 0.6) is 5.75 Å². The molecular weight excluding hydrogens is 289 g/mol. The average molecular weight is 309 g/mol. The molecule has 1 aromatic carbocycles. The normalized spacial score (nSPS) is 9.69. The summed E-state index contributed by atoms with van der Waals surface area (Å²) in [6.07, 6.45) is 1.15. The lowest BCUT2D eigenvalue weighted by molar-refractivity contribution is 0.335. The van der Waals surface area contributed by atoms with Crippen LogP contribution in [0.4, 0.5) is 0 Å². The fourth-order valence-electron chi connectivity index (χ4n) is 1.38. The maximum absolute atomic E-state index is 5.56. The van der Waals surface area contributed by atoms with Crippen molar-refractivity contribution in [2.45, 2.75) is 26.8 Å². The Kier molecular flexibility index (Phi) is 8.71. The first-order chi connectivity index (χ1) is 7.27. The molecule has 4 heteroatoms. The van der Waals surface area contributed by atoms with Gasteiger partial charge >= 0.3 is 0 Å². The van der Waals surface area contributed by atoms with Gasteiger partial charge in [-0.2, -0.15) is 0 Å². The van der Waals surface area contributed by atoms with Gasteiger partial charge in [0, 0.05) is 16.6 Å². The van der Waals surface area contributed by atoms with Gasteiger partial charge in [0.05, 0.1) is 6.61 Å². The molecule has 0 spiro atoms. The Morgan fingerprint density at radius 3 is 2.69 bits per heavy atom. The molecule has 0 amide bonds. The van der Waals surface area contributed by atoms with E-state index in [9.17, 15) is 0 Å². The summed E-state index contributed by atoms with van der Waals surface area (Å²) < 4.78 is 6.66. The highest BCUT2D eigenvalue weighted by atomic mass is 79.9. The standard InChI is InChI=1S/C12H18BrNO.ClH/c1-3-7-14-9-10-8-11(13)5-6-12(10)15-4-2;/h5-6,8,14H,3-4,7,9H2,1-2H3;1H. The summed E-state index contributed by atoms with van der Waals surface area (Å²) in [6, 6.07) is 6.12. The third-order valence-electron chi connectivity index (χ3n) is 2.06. The molecule has 1 N–H and O–H groups in total. The Hall–Kier alpha value is -0.250. The molecule has 0 fully saturated rings. The molecule has 0 aliphatic heterocycles. The van der Waals surface area contributed by atoms with E-state index in [-0.39, 0.29) is 12.4 Å². The molecule has 0 aliphatic carbocycles. The van der Waals surface area contributed by atoms with E-state index in [0.717, 1.165) is 29.7 Å². The number of hydrogen-bond acceptors (Lipinski definition) is 2. The largest absolute Gasteiger partial charge is 0.494 e.